The molecule has 0 aliphatic heterocycles. The standard InChI is InChI=1S/C8H18O4/c1-8(10,3-5-11-2)7-12-6-4-9/h9-10H,3-7H2,1-2H3. The summed E-state index contributed by atoms with van der Waals surface area (Å²) in [4.78, 5) is 0. The van der Waals surface area contributed by atoms with Crippen LogP contribution in [0.3, 0.4) is 0 Å². The van der Waals surface area contributed by atoms with E-state index in [1.807, 2.05) is 0 Å². The van der Waals surface area contributed by atoms with Gasteiger partial charge in [-0.15, -0.1) is 0 Å². The van der Waals surface area contributed by atoms with E-state index in [1.165, 1.54) is 0 Å². The molecule has 4 nitrogen and oxygen atoms in total. The molecule has 2 N–H and O–H groups in total. The van der Waals surface area contributed by atoms with Gasteiger partial charge in [-0.2, -0.15) is 0 Å². The maximum Gasteiger partial charge on any atom is 0.0874 e. The van der Waals surface area contributed by atoms with Crippen molar-refractivity contribution in [3.8, 4) is 0 Å². The third kappa shape index (κ3) is 6.54. The number of aliphatic hydroxyl groups is 2. The van der Waals surface area contributed by atoms with E-state index in [0.29, 0.717) is 13.0 Å². The van der Waals surface area contributed by atoms with E-state index in [4.69, 9.17) is 14.6 Å². The van der Waals surface area contributed by atoms with E-state index in [0.717, 1.165) is 0 Å². The zero-order valence-electron chi connectivity index (χ0n) is 7.75. The van der Waals surface area contributed by atoms with Gasteiger partial charge >= 0.3 is 0 Å². The molecule has 4 heteroatoms. The molecule has 0 heterocycles. The lowest BCUT2D eigenvalue weighted by Crippen LogP contribution is -2.32. The van der Waals surface area contributed by atoms with Crippen LogP contribution in [0.1, 0.15) is 13.3 Å². The molecule has 0 radical (unpaired) electrons. The van der Waals surface area contributed by atoms with Gasteiger partial charge in [0.25, 0.3) is 0 Å². The van der Waals surface area contributed by atoms with Gasteiger partial charge in [0, 0.05) is 20.1 Å². The maximum atomic E-state index is 9.59. The first-order valence-electron chi connectivity index (χ1n) is 4.02. The number of methoxy groups -OCH3 is 1. The highest BCUT2D eigenvalue weighted by molar-refractivity contribution is 4.70. The van der Waals surface area contributed by atoms with Crippen molar-refractivity contribution < 1.29 is 19.7 Å². The van der Waals surface area contributed by atoms with Crippen LogP contribution in [0.4, 0.5) is 0 Å². The van der Waals surface area contributed by atoms with Crippen LogP contribution in [-0.2, 0) is 9.47 Å². The van der Waals surface area contributed by atoms with E-state index in [-0.39, 0.29) is 19.8 Å². The van der Waals surface area contributed by atoms with Gasteiger partial charge in [-0.05, 0) is 6.92 Å². The minimum atomic E-state index is -0.856. The van der Waals surface area contributed by atoms with Gasteiger partial charge in [-0.3, -0.25) is 0 Å². The second-order valence-corrected chi connectivity index (χ2v) is 3.02. The summed E-state index contributed by atoms with van der Waals surface area (Å²) >= 11 is 0. The third-order valence-corrected chi connectivity index (χ3v) is 1.49. The number of rotatable bonds is 7. The Morgan fingerprint density at radius 3 is 2.50 bits per heavy atom. The summed E-state index contributed by atoms with van der Waals surface area (Å²) in [5.41, 5.74) is -0.856. The largest absolute Gasteiger partial charge is 0.394 e. The molecule has 0 amide bonds. The Balaban J connectivity index is 3.42. The van der Waals surface area contributed by atoms with Crippen LogP contribution in [-0.4, -0.2) is 49.4 Å². The molecule has 1 unspecified atom stereocenters. The lowest BCUT2D eigenvalue weighted by Gasteiger charge is -2.22. The van der Waals surface area contributed by atoms with Crippen LogP contribution >= 0.6 is 0 Å². The summed E-state index contributed by atoms with van der Waals surface area (Å²) in [5.74, 6) is 0. The van der Waals surface area contributed by atoms with Crippen molar-refractivity contribution in [2.24, 2.45) is 0 Å². The number of aliphatic hydroxyl groups excluding tert-OH is 1. The minimum Gasteiger partial charge on any atom is -0.394 e. The van der Waals surface area contributed by atoms with Crippen LogP contribution in [0.2, 0.25) is 0 Å². The zero-order valence-corrected chi connectivity index (χ0v) is 7.75. The van der Waals surface area contributed by atoms with E-state index < -0.39 is 5.60 Å². The summed E-state index contributed by atoms with van der Waals surface area (Å²) < 4.78 is 9.81. The molecule has 0 saturated heterocycles. The highest BCUT2D eigenvalue weighted by atomic mass is 16.5. The molecule has 0 spiro atoms. The van der Waals surface area contributed by atoms with Gasteiger partial charge in [-0.1, -0.05) is 0 Å². The van der Waals surface area contributed by atoms with E-state index >= 15 is 0 Å². The van der Waals surface area contributed by atoms with Gasteiger partial charge in [0.1, 0.15) is 0 Å². The SMILES string of the molecule is COCCC(C)(O)COCCO. The molecule has 74 valence electrons. The molecule has 0 fully saturated rings. The lowest BCUT2D eigenvalue weighted by atomic mass is 10.1. The van der Waals surface area contributed by atoms with Crippen molar-refractivity contribution in [2.75, 3.05) is 33.5 Å². The Morgan fingerprint density at radius 2 is 2.00 bits per heavy atom. The third-order valence-electron chi connectivity index (χ3n) is 1.49. The zero-order chi connectivity index (χ0) is 9.45. The van der Waals surface area contributed by atoms with Gasteiger partial charge in [-0.25, -0.2) is 0 Å². The summed E-state index contributed by atoms with van der Waals surface area (Å²) in [6, 6.07) is 0. The Bertz CT molecular complexity index is 103. The van der Waals surface area contributed by atoms with Gasteiger partial charge in [0.05, 0.1) is 25.4 Å². The average molecular weight is 178 g/mol. The quantitative estimate of drug-likeness (QED) is 0.529. The average Bonchev–Trinajstić information content (AvgIpc) is 2.01. The van der Waals surface area contributed by atoms with Crippen LogP contribution < -0.4 is 0 Å². The van der Waals surface area contributed by atoms with Crippen molar-refractivity contribution in [3.05, 3.63) is 0 Å². The first kappa shape index (κ1) is 11.8. The minimum absolute atomic E-state index is 0.0135. The molecule has 0 bridgehead atoms. The molecule has 0 aliphatic carbocycles. The van der Waals surface area contributed by atoms with E-state index in [2.05, 4.69) is 0 Å². The Kier molecular flexibility index (Phi) is 6.28. The molecule has 12 heavy (non-hydrogen) atoms. The normalized spacial score (nSPS) is 16.0. The predicted molar refractivity (Wildman–Crippen MR) is 45.0 cm³/mol. The van der Waals surface area contributed by atoms with Crippen molar-refractivity contribution in [1.82, 2.24) is 0 Å². The Morgan fingerprint density at radius 1 is 1.33 bits per heavy atom. The highest BCUT2D eigenvalue weighted by Crippen LogP contribution is 2.09. The molecule has 0 aliphatic rings. The predicted octanol–water partition coefficient (Wildman–Crippen LogP) is -0.217. The second kappa shape index (κ2) is 6.37. The van der Waals surface area contributed by atoms with Gasteiger partial charge < -0.3 is 19.7 Å². The van der Waals surface area contributed by atoms with Gasteiger partial charge in [0.2, 0.25) is 0 Å². The summed E-state index contributed by atoms with van der Waals surface area (Å²) in [7, 11) is 1.59. The van der Waals surface area contributed by atoms with Crippen molar-refractivity contribution in [1.29, 1.82) is 0 Å². The van der Waals surface area contributed by atoms with Crippen LogP contribution in [0.15, 0.2) is 0 Å². The second-order valence-electron chi connectivity index (χ2n) is 3.02. The summed E-state index contributed by atoms with van der Waals surface area (Å²) in [6.45, 7) is 2.68. The number of hydrogen-bond donors (Lipinski definition) is 2. The van der Waals surface area contributed by atoms with Gasteiger partial charge in [0.15, 0.2) is 0 Å². The fraction of sp³-hybridized carbons (Fsp3) is 1.00. The topological polar surface area (TPSA) is 58.9 Å². The fourth-order valence-electron chi connectivity index (χ4n) is 0.751. The van der Waals surface area contributed by atoms with E-state index in [9.17, 15) is 5.11 Å². The molecule has 0 aromatic carbocycles. The molecule has 0 aromatic heterocycles. The Labute approximate surface area is 73.1 Å². The Hall–Kier alpha value is -0.160. The smallest absolute Gasteiger partial charge is 0.0874 e. The fourth-order valence-corrected chi connectivity index (χ4v) is 0.751. The first-order chi connectivity index (χ1) is 5.62. The number of hydrogen-bond acceptors (Lipinski definition) is 4. The number of ether oxygens (including phenoxy) is 2. The molecule has 0 rings (SSSR count). The maximum absolute atomic E-state index is 9.59. The molecule has 0 aromatic rings. The summed E-state index contributed by atoms with van der Waals surface area (Å²) in [5, 5.41) is 18.0. The first-order valence-corrected chi connectivity index (χ1v) is 4.02. The molecule has 0 saturated carbocycles. The van der Waals surface area contributed by atoms with Crippen molar-refractivity contribution in [3.63, 3.8) is 0 Å². The van der Waals surface area contributed by atoms with E-state index in [1.54, 1.807) is 14.0 Å². The molecular weight excluding hydrogens is 160 g/mol. The lowest BCUT2D eigenvalue weighted by molar-refractivity contribution is -0.0552. The van der Waals surface area contributed by atoms with Crippen molar-refractivity contribution >= 4 is 0 Å². The molecule has 1 atom stereocenters. The van der Waals surface area contributed by atoms with Crippen LogP contribution in [0.5, 0.6) is 0 Å². The van der Waals surface area contributed by atoms with Crippen LogP contribution in [0.25, 0.3) is 0 Å². The summed E-state index contributed by atoms with van der Waals surface area (Å²) in [6.07, 6.45) is 0.537. The highest BCUT2D eigenvalue weighted by Gasteiger charge is 2.19. The van der Waals surface area contributed by atoms with Crippen molar-refractivity contribution in [2.45, 2.75) is 18.9 Å². The van der Waals surface area contributed by atoms with Crippen LogP contribution in [0, 0.1) is 0 Å². The molecular formula is C8H18O4. The monoisotopic (exact) mass is 178 g/mol.